The summed E-state index contributed by atoms with van der Waals surface area (Å²) in [5.41, 5.74) is 0.415. The summed E-state index contributed by atoms with van der Waals surface area (Å²) in [5.74, 6) is 1.50. The molecule has 3 rings (SSSR count). The van der Waals surface area contributed by atoms with Crippen molar-refractivity contribution in [3.8, 4) is 11.5 Å². The standard InChI is InChI=1S/C21H23FN4O3S/c1-4-26-20(14(2)29-18-10-6-9-17(12-18)28-3)24-25-21(26)30-13-19(27)23-16-8-5-7-15(22)11-16/h5-12,14H,4,13H2,1-3H3,(H,23,27). The molecule has 1 unspecified atom stereocenters. The van der Waals surface area contributed by atoms with Gasteiger partial charge in [0.2, 0.25) is 5.91 Å². The number of methoxy groups -OCH3 is 1. The number of rotatable bonds is 9. The second-order valence-electron chi connectivity index (χ2n) is 6.37. The Kier molecular flexibility index (Phi) is 7.29. The number of amides is 1. The highest BCUT2D eigenvalue weighted by Gasteiger charge is 2.19. The van der Waals surface area contributed by atoms with Crippen LogP contribution in [0.25, 0.3) is 0 Å². The Balaban J connectivity index is 1.63. The molecule has 0 aliphatic heterocycles. The maximum Gasteiger partial charge on any atom is 0.234 e. The zero-order valence-electron chi connectivity index (χ0n) is 17.0. The lowest BCUT2D eigenvalue weighted by Gasteiger charge is -2.16. The van der Waals surface area contributed by atoms with E-state index < -0.39 is 5.82 Å². The third-order valence-electron chi connectivity index (χ3n) is 4.22. The Morgan fingerprint density at radius 2 is 1.97 bits per heavy atom. The Morgan fingerprint density at radius 1 is 1.20 bits per heavy atom. The molecule has 0 aliphatic carbocycles. The van der Waals surface area contributed by atoms with Crippen LogP contribution in [0, 0.1) is 5.82 Å². The fourth-order valence-corrected chi connectivity index (χ4v) is 3.64. The average molecular weight is 431 g/mol. The molecule has 3 aromatic rings. The first kappa shape index (κ1) is 21.6. The minimum Gasteiger partial charge on any atom is -0.497 e. The normalized spacial score (nSPS) is 11.7. The van der Waals surface area contributed by atoms with Gasteiger partial charge < -0.3 is 19.4 Å². The quantitative estimate of drug-likeness (QED) is 0.510. The highest BCUT2D eigenvalue weighted by Crippen LogP contribution is 2.26. The van der Waals surface area contributed by atoms with Crippen LogP contribution in [-0.2, 0) is 11.3 Å². The van der Waals surface area contributed by atoms with E-state index in [-0.39, 0.29) is 17.8 Å². The molecule has 158 valence electrons. The number of nitrogens with zero attached hydrogens (tertiary/aromatic N) is 3. The van der Waals surface area contributed by atoms with Crippen LogP contribution in [0.2, 0.25) is 0 Å². The number of thioether (sulfide) groups is 1. The van der Waals surface area contributed by atoms with Gasteiger partial charge in [-0.25, -0.2) is 4.39 Å². The third kappa shape index (κ3) is 5.50. The molecule has 0 fully saturated rings. The lowest BCUT2D eigenvalue weighted by molar-refractivity contribution is -0.113. The first-order valence-corrected chi connectivity index (χ1v) is 10.4. The molecule has 30 heavy (non-hydrogen) atoms. The van der Waals surface area contributed by atoms with Gasteiger partial charge in [-0.05, 0) is 44.2 Å². The van der Waals surface area contributed by atoms with E-state index in [0.717, 1.165) is 0 Å². The summed E-state index contributed by atoms with van der Waals surface area (Å²) in [4.78, 5) is 12.2. The second-order valence-corrected chi connectivity index (χ2v) is 7.31. The van der Waals surface area contributed by atoms with E-state index in [4.69, 9.17) is 9.47 Å². The van der Waals surface area contributed by atoms with Crippen LogP contribution in [0.15, 0.2) is 53.7 Å². The molecule has 9 heteroatoms. The summed E-state index contributed by atoms with van der Waals surface area (Å²) in [6.07, 6.45) is -0.347. The van der Waals surface area contributed by atoms with Crippen LogP contribution in [0.1, 0.15) is 25.8 Å². The predicted molar refractivity (Wildman–Crippen MR) is 113 cm³/mol. The minimum atomic E-state index is -0.402. The van der Waals surface area contributed by atoms with Crippen LogP contribution in [0.4, 0.5) is 10.1 Å². The van der Waals surface area contributed by atoms with Crippen LogP contribution >= 0.6 is 11.8 Å². The number of halogens is 1. The first-order valence-electron chi connectivity index (χ1n) is 9.42. The lowest BCUT2D eigenvalue weighted by Crippen LogP contribution is -2.15. The van der Waals surface area contributed by atoms with Gasteiger partial charge in [-0.1, -0.05) is 23.9 Å². The minimum absolute atomic E-state index is 0.125. The van der Waals surface area contributed by atoms with Gasteiger partial charge in [0.15, 0.2) is 17.1 Å². The van der Waals surface area contributed by atoms with E-state index in [2.05, 4.69) is 15.5 Å². The molecule has 0 spiro atoms. The van der Waals surface area contributed by atoms with Crippen molar-refractivity contribution in [3.05, 3.63) is 60.2 Å². The van der Waals surface area contributed by atoms with Crippen molar-refractivity contribution in [1.29, 1.82) is 0 Å². The van der Waals surface area contributed by atoms with Crippen LogP contribution in [-0.4, -0.2) is 33.5 Å². The van der Waals surface area contributed by atoms with Crippen LogP contribution in [0.5, 0.6) is 11.5 Å². The van der Waals surface area contributed by atoms with E-state index in [1.54, 1.807) is 25.3 Å². The molecule has 1 aromatic heterocycles. The molecular formula is C21H23FN4O3S. The van der Waals surface area contributed by atoms with Gasteiger partial charge in [-0.3, -0.25) is 4.79 Å². The van der Waals surface area contributed by atoms with E-state index in [1.165, 1.54) is 23.9 Å². The average Bonchev–Trinajstić information content (AvgIpc) is 3.15. The zero-order valence-corrected chi connectivity index (χ0v) is 17.8. The van der Waals surface area contributed by atoms with Gasteiger partial charge in [0.25, 0.3) is 0 Å². The van der Waals surface area contributed by atoms with Gasteiger partial charge in [0.1, 0.15) is 17.3 Å². The first-order chi connectivity index (χ1) is 14.5. The van der Waals surface area contributed by atoms with Crippen molar-refractivity contribution in [2.24, 2.45) is 0 Å². The SMILES string of the molecule is CCn1c(SCC(=O)Nc2cccc(F)c2)nnc1C(C)Oc1cccc(OC)c1. The molecule has 2 aromatic carbocycles. The molecule has 0 aliphatic rings. The Labute approximate surface area is 178 Å². The molecule has 1 N–H and O–H groups in total. The fraction of sp³-hybridized carbons (Fsp3) is 0.286. The molecule has 0 saturated carbocycles. The highest BCUT2D eigenvalue weighted by atomic mass is 32.2. The summed E-state index contributed by atoms with van der Waals surface area (Å²) in [5, 5.41) is 11.7. The van der Waals surface area contributed by atoms with Crippen molar-refractivity contribution >= 4 is 23.4 Å². The summed E-state index contributed by atoms with van der Waals surface area (Å²) in [7, 11) is 1.60. The lowest BCUT2D eigenvalue weighted by atomic mass is 10.3. The maximum absolute atomic E-state index is 13.2. The molecular weight excluding hydrogens is 407 g/mol. The molecule has 7 nitrogen and oxygen atoms in total. The van der Waals surface area contributed by atoms with Crippen molar-refractivity contribution in [3.63, 3.8) is 0 Å². The van der Waals surface area contributed by atoms with Crippen molar-refractivity contribution in [1.82, 2.24) is 14.8 Å². The summed E-state index contributed by atoms with van der Waals surface area (Å²) >= 11 is 1.26. The van der Waals surface area contributed by atoms with Crippen molar-refractivity contribution in [2.75, 3.05) is 18.2 Å². The number of nitrogens with one attached hydrogen (secondary N) is 1. The van der Waals surface area contributed by atoms with Gasteiger partial charge in [-0.15, -0.1) is 10.2 Å². The van der Waals surface area contributed by atoms with Crippen molar-refractivity contribution < 1.29 is 18.7 Å². The number of aromatic nitrogens is 3. The molecule has 0 bridgehead atoms. The van der Waals surface area contributed by atoms with E-state index >= 15 is 0 Å². The topological polar surface area (TPSA) is 78.3 Å². The third-order valence-corrected chi connectivity index (χ3v) is 5.19. The number of carbonyl (C=O) groups is 1. The monoisotopic (exact) mass is 430 g/mol. The van der Waals surface area contributed by atoms with Gasteiger partial charge >= 0.3 is 0 Å². The van der Waals surface area contributed by atoms with Crippen LogP contribution in [0.3, 0.4) is 0 Å². The summed E-state index contributed by atoms with van der Waals surface area (Å²) in [6, 6.07) is 13.1. The Morgan fingerprint density at radius 3 is 2.70 bits per heavy atom. The number of anilines is 1. The summed E-state index contributed by atoms with van der Waals surface area (Å²) < 4.78 is 26.4. The number of hydrogen-bond acceptors (Lipinski definition) is 6. The van der Waals surface area contributed by atoms with E-state index in [0.29, 0.717) is 34.7 Å². The molecule has 0 saturated heterocycles. The summed E-state index contributed by atoms with van der Waals surface area (Å²) in [6.45, 7) is 4.49. The smallest absolute Gasteiger partial charge is 0.234 e. The van der Waals surface area contributed by atoms with Gasteiger partial charge in [-0.2, -0.15) is 0 Å². The molecule has 0 radical (unpaired) electrons. The largest absolute Gasteiger partial charge is 0.497 e. The van der Waals surface area contributed by atoms with Crippen LogP contribution < -0.4 is 14.8 Å². The number of carbonyl (C=O) groups excluding carboxylic acids is 1. The van der Waals surface area contributed by atoms with Crippen molar-refractivity contribution in [2.45, 2.75) is 31.7 Å². The van der Waals surface area contributed by atoms with E-state index in [1.807, 2.05) is 36.6 Å². The molecule has 1 amide bonds. The number of benzene rings is 2. The highest BCUT2D eigenvalue weighted by molar-refractivity contribution is 7.99. The fourth-order valence-electron chi connectivity index (χ4n) is 2.83. The zero-order chi connectivity index (χ0) is 21.5. The Hall–Kier alpha value is -3.07. The maximum atomic E-state index is 13.2. The number of ether oxygens (including phenoxy) is 2. The predicted octanol–water partition coefficient (Wildman–Crippen LogP) is 4.32. The second kappa shape index (κ2) is 10.1. The van der Waals surface area contributed by atoms with Gasteiger partial charge in [0.05, 0.1) is 12.9 Å². The van der Waals surface area contributed by atoms with Gasteiger partial charge in [0, 0.05) is 18.3 Å². The number of hydrogen-bond donors (Lipinski definition) is 1. The van der Waals surface area contributed by atoms with E-state index in [9.17, 15) is 9.18 Å². The molecule has 1 atom stereocenters. The molecule has 1 heterocycles. The Bertz CT molecular complexity index is 1010.